The lowest BCUT2D eigenvalue weighted by atomic mass is 10.2. The molecule has 2 nitrogen and oxygen atoms in total. The van der Waals surface area contributed by atoms with Gasteiger partial charge in [-0.1, -0.05) is 56.2 Å². The van der Waals surface area contributed by atoms with Crippen molar-refractivity contribution < 1.29 is 4.21 Å². The molecule has 0 heterocycles. The number of benzene rings is 2. The molecule has 4 heteroatoms. The summed E-state index contributed by atoms with van der Waals surface area (Å²) < 4.78 is 19.3. The van der Waals surface area contributed by atoms with Crippen molar-refractivity contribution in [2.75, 3.05) is 0 Å². The molecule has 0 fully saturated rings. The highest BCUT2D eigenvalue weighted by atomic mass is 32.2. The molecule has 0 aliphatic heterocycles. The maximum atomic E-state index is 14.2. The topological polar surface area (TPSA) is 29.4 Å². The van der Waals surface area contributed by atoms with E-state index in [0.29, 0.717) is 0 Å². The molecule has 0 amide bonds. The van der Waals surface area contributed by atoms with Gasteiger partial charge < -0.3 is 0 Å². The zero-order valence-electron chi connectivity index (χ0n) is 15.5. The van der Waals surface area contributed by atoms with E-state index in [9.17, 15) is 4.21 Å². The van der Waals surface area contributed by atoms with Crippen LogP contribution in [0.4, 0.5) is 0 Å². The maximum Gasteiger partial charge on any atom is 0.193 e. The Morgan fingerprint density at radius 1 is 0.750 bits per heavy atom. The molecular weight excluding hydrogens is 330 g/mol. The van der Waals surface area contributed by atoms with Crippen LogP contribution in [0.25, 0.3) is 0 Å². The van der Waals surface area contributed by atoms with Gasteiger partial charge in [0.2, 0.25) is 0 Å². The fourth-order valence-electron chi connectivity index (χ4n) is 2.90. The Morgan fingerprint density at radius 2 is 1.08 bits per heavy atom. The Hall–Kier alpha value is -1.39. The number of hydrogen-bond donors (Lipinski definition) is 0. The quantitative estimate of drug-likeness (QED) is 0.565. The van der Waals surface area contributed by atoms with Gasteiger partial charge in [-0.3, -0.25) is 4.03 Å². The Kier molecular flexibility index (Phi) is 6.05. The Balaban J connectivity index is 2.76. The van der Waals surface area contributed by atoms with Crippen molar-refractivity contribution in [3.63, 3.8) is 0 Å². The molecule has 2 aromatic rings. The number of nitrogens with zero attached hydrogens (tertiary/aromatic N) is 1. The second kappa shape index (κ2) is 7.66. The van der Waals surface area contributed by atoms with Crippen molar-refractivity contribution in [3.8, 4) is 0 Å². The normalized spacial score (nSPS) is 12.2. The highest BCUT2D eigenvalue weighted by Crippen LogP contribution is 2.31. The van der Waals surface area contributed by atoms with Crippen molar-refractivity contribution in [3.05, 3.63) is 59.7 Å². The van der Waals surface area contributed by atoms with Crippen LogP contribution < -0.4 is 0 Å². The predicted octanol–water partition coefficient (Wildman–Crippen LogP) is 6.19. The van der Waals surface area contributed by atoms with E-state index in [2.05, 4.69) is 34.6 Å². The maximum absolute atomic E-state index is 14.2. The van der Waals surface area contributed by atoms with Crippen molar-refractivity contribution in [2.24, 2.45) is 4.03 Å². The van der Waals surface area contributed by atoms with Gasteiger partial charge in [0.1, 0.15) is 0 Å². The van der Waals surface area contributed by atoms with E-state index in [1.807, 2.05) is 48.5 Å². The van der Waals surface area contributed by atoms with Crippen LogP contribution >= 0.6 is 0 Å². The highest BCUT2D eigenvalue weighted by molar-refractivity contribution is 7.94. The molecule has 0 atom stereocenters. The highest BCUT2D eigenvalue weighted by Gasteiger charge is 2.31. The van der Waals surface area contributed by atoms with Gasteiger partial charge in [0.25, 0.3) is 0 Å². The summed E-state index contributed by atoms with van der Waals surface area (Å²) in [5, 5.41) is 0. The predicted molar refractivity (Wildman–Crippen MR) is 107 cm³/mol. The van der Waals surface area contributed by atoms with Gasteiger partial charge in [-0.25, -0.2) is 4.21 Å². The molecule has 0 bridgehead atoms. The van der Waals surface area contributed by atoms with Gasteiger partial charge >= 0.3 is 0 Å². The Morgan fingerprint density at radius 3 is 1.38 bits per heavy atom. The summed E-state index contributed by atoms with van der Waals surface area (Å²) >= 11 is 0. The summed E-state index contributed by atoms with van der Waals surface area (Å²) in [5.74, 6) is 0. The number of aryl methyl sites for hydroxylation is 2. The monoisotopic (exact) mass is 359 g/mol. The minimum atomic E-state index is -2.59. The van der Waals surface area contributed by atoms with Gasteiger partial charge in [0, 0.05) is 0 Å². The molecule has 2 rings (SSSR count). The second-order valence-electron chi connectivity index (χ2n) is 6.53. The lowest BCUT2D eigenvalue weighted by Gasteiger charge is -2.25. The first-order valence-corrected chi connectivity index (χ1v) is 12.9. The van der Waals surface area contributed by atoms with E-state index >= 15 is 0 Å². The van der Waals surface area contributed by atoms with Crippen molar-refractivity contribution in [1.29, 1.82) is 0 Å². The smallest absolute Gasteiger partial charge is 0.193 e. The minimum Gasteiger partial charge on any atom is -0.269 e. The standard InChI is InChI=1S/C20H29NOSSi/c1-6-24(7-2,8-3)21-23(22,19-13-9-17(4)10-14-19)20-15-11-18(5)12-16-20/h9-16H,6-8H2,1-5H3. The fraction of sp³-hybridized carbons (Fsp3) is 0.400. The van der Waals surface area contributed by atoms with E-state index < -0.39 is 18.0 Å². The fourth-order valence-corrected chi connectivity index (χ4v) is 10.3. The summed E-state index contributed by atoms with van der Waals surface area (Å²) in [7, 11) is -4.48. The van der Waals surface area contributed by atoms with Crippen LogP contribution in [0.1, 0.15) is 31.9 Å². The van der Waals surface area contributed by atoms with Crippen molar-refractivity contribution >= 4 is 18.0 Å². The molecule has 130 valence electrons. The van der Waals surface area contributed by atoms with E-state index in [0.717, 1.165) is 27.9 Å². The zero-order chi connectivity index (χ0) is 17.8. The third-order valence-electron chi connectivity index (χ3n) is 4.98. The third kappa shape index (κ3) is 3.81. The van der Waals surface area contributed by atoms with E-state index in [-0.39, 0.29) is 0 Å². The minimum absolute atomic E-state index is 0.837. The zero-order valence-corrected chi connectivity index (χ0v) is 17.3. The summed E-state index contributed by atoms with van der Waals surface area (Å²) in [4.78, 5) is 1.67. The molecule has 2 aromatic carbocycles. The van der Waals surface area contributed by atoms with Crippen LogP contribution in [0, 0.1) is 13.8 Å². The average Bonchev–Trinajstić information content (AvgIpc) is 2.61. The van der Waals surface area contributed by atoms with Gasteiger partial charge in [0.15, 0.2) is 8.24 Å². The first-order chi connectivity index (χ1) is 11.4. The SMILES string of the molecule is CC[Si](CC)(CC)N=S(=O)(c1ccc(C)cc1)c1ccc(C)cc1. The van der Waals surface area contributed by atoms with Gasteiger partial charge in [-0.2, -0.15) is 0 Å². The first-order valence-electron chi connectivity index (χ1n) is 8.81. The van der Waals surface area contributed by atoms with Crippen LogP contribution in [0.3, 0.4) is 0 Å². The molecule has 0 saturated carbocycles. The number of rotatable bonds is 6. The van der Waals surface area contributed by atoms with Crippen LogP contribution in [0.5, 0.6) is 0 Å². The van der Waals surface area contributed by atoms with Gasteiger partial charge in [0.05, 0.1) is 19.5 Å². The number of hydrogen-bond acceptors (Lipinski definition) is 2. The average molecular weight is 360 g/mol. The molecule has 0 N–H and O–H groups in total. The van der Waals surface area contributed by atoms with Crippen molar-refractivity contribution in [2.45, 2.75) is 62.5 Å². The third-order valence-corrected chi connectivity index (χ3v) is 13.3. The van der Waals surface area contributed by atoms with E-state index in [1.165, 1.54) is 11.1 Å². The molecule has 0 spiro atoms. The van der Waals surface area contributed by atoms with E-state index in [1.54, 1.807) is 0 Å². The first kappa shape index (κ1) is 18.9. The Labute approximate surface area is 148 Å². The van der Waals surface area contributed by atoms with Crippen LogP contribution in [-0.4, -0.2) is 12.4 Å². The summed E-state index contributed by atoms with van der Waals surface area (Å²) in [6.45, 7) is 10.7. The molecule has 0 saturated heterocycles. The van der Waals surface area contributed by atoms with Crippen molar-refractivity contribution in [1.82, 2.24) is 0 Å². The summed E-state index contributed by atoms with van der Waals surface area (Å²) in [5.41, 5.74) is 2.35. The van der Waals surface area contributed by atoms with Gasteiger partial charge in [-0.05, 0) is 56.2 Å². The van der Waals surface area contributed by atoms with Crippen LogP contribution in [-0.2, 0) is 9.73 Å². The van der Waals surface area contributed by atoms with Crippen LogP contribution in [0.15, 0.2) is 62.4 Å². The lowest BCUT2D eigenvalue weighted by Crippen LogP contribution is -2.31. The van der Waals surface area contributed by atoms with Gasteiger partial charge in [-0.15, -0.1) is 0 Å². The molecule has 24 heavy (non-hydrogen) atoms. The summed E-state index contributed by atoms with van der Waals surface area (Å²) in [6.07, 6.45) is 0. The molecule has 0 aliphatic carbocycles. The van der Waals surface area contributed by atoms with Crippen LogP contribution in [0.2, 0.25) is 18.1 Å². The Bertz CT molecular complexity index is 724. The molecular formula is C20H29NOSSi. The summed E-state index contributed by atoms with van der Waals surface area (Å²) in [6, 6.07) is 19.2. The second-order valence-corrected chi connectivity index (χ2v) is 13.8. The lowest BCUT2D eigenvalue weighted by molar-refractivity contribution is 0.677. The van der Waals surface area contributed by atoms with E-state index in [4.69, 9.17) is 4.03 Å². The molecule has 0 aliphatic rings. The molecule has 0 aromatic heterocycles. The molecule has 0 unspecified atom stereocenters. The largest absolute Gasteiger partial charge is 0.269 e. The molecule has 0 radical (unpaired) electrons.